The maximum atomic E-state index is 14.1. The molecule has 2 aliphatic rings. The van der Waals surface area contributed by atoms with Crippen molar-refractivity contribution < 1.29 is 17.9 Å². The molecule has 0 N–H and O–H groups in total. The smallest absolute Gasteiger partial charge is 0.425 e. The Kier molecular flexibility index (Phi) is 6.05. The molecule has 0 spiro atoms. The summed E-state index contributed by atoms with van der Waals surface area (Å²) in [4.78, 5) is 13.2. The van der Waals surface area contributed by atoms with Gasteiger partial charge in [0.25, 0.3) is 0 Å². The lowest BCUT2D eigenvalue weighted by molar-refractivity contribution is 0.116. The zero-order valence-electron chi connectivity index (χ0n) is 20.8. The third-order valence-electron chi connectivity index (χ3n) is 7.82. The Morgan fingerprint density at radius 2 is 1.16 bits per heavy atom. The zero-order chi connectivity index (χ0) is 26.2. The van der Waals surface area contributed by atoms with E-state index in [4.69, 9.17) is 4.74 Å². The third-order valence-corrected chi connectivity index (χ3v) is 9.69. The van der Waals surface area contributed by atoms with Crippen LogP contribution in [0.4, 0.5) is 4.79 Å². The fourth-order valence-corrected chi connectivity index (χ4v) is 7.93. The Morgan fingerprint density at radius 3 is 1.68 bits per heavy atom. The first-order chi connectivity index (χ1) is 18.5. The van der Waals surface area contributed by atoms with Gasteiger partial charge >= 0.3 is 16.3 Å². The summed E-state index contributed by atoms with van der Waals surface area (Å²) in [7, 11) is -4.17. The number of benzene rings is 4. The molecule has 2 aliphatic heterocycles. The summed E-state index contributed by atoms with van der Waals surface area (Å²) in [6.07, 6.45) is -0.372. The van der Waals surface area contributed by atoms with Crippen LogP contribution in [0.3, 0.4) is 0 Å². The van der Waals surface area contributed by atoms with Crippen LogP contribution in [-0.2, 0) is 32.5 Å². The van der Waals surface area contributed by atoms with Crippen molar-refractivity contribution >= 4 is 16.3 Å². The van der Waals surface area contributed by atoms with Gasteiger partial charge in [-0.3, -0.25) is 0 Å². The minimum atomic E-state index is -4.17. The van der Waals surface area contributed by atoms with Gasteiger partial charge in [-0.15, -0.1) is 0 Å². The van der Waals surface area contributed by atoms with Crippen LogP contribution >= 0.6 is 0 Å². The number of hydrogen-bond acceptors (Lipinski definition) is 4. The number of hydrogen-bond donors (Lipinski definition) is 0. The number of ether oxygens (including phenoxy) is 1. The molecule has 0 radical (unpaired) electrons. The molecular weight excluding hydrogens is 496 g/mol. The van der Waals surface area contributed by atoms with Gasteiger partial charge in [0, 0.05) is 12.0 Å². The van der Waals surface area contributed by atoms with Crippen molar-refractivity contribution in [2.24, 2.45) is 0 Å². The first kappa shape index (κ1) is 24.4. The van der Waals surface area contributed by atoms with Gasteiger partial charge in [-0.25, -0.2) is 4.79 Å². The van der Waals surface area contributed by atoms with Crippen LogP contribution in [0.25, 0.3) is 0 Å². The second-order valence-corrected chi connectivity index (χ2v) is 11.7. The summed E-state index contributed by atoms with van der Waals surface area (Å²) in [5, 5.41) is 0. The second kappa shape index (κ2) is 9.42. The Balaban J connectivity index is 1.44. The van der Waals surface area contributed by atoms with E-state index in [0.29, 0.717) is 6.42 Å². The predicted molar refractivity (Wildman–Crippen MR) is 145 cm³/mol. The van der Waals surface area contributed by atoms with Crippen molar-refractivity contribution in [1.29, 1.82) is 0 Å². The lowest BCUT2D eigenvalue weighted by Crippen LogP contribution is -2.41. The largest absolute Gasteiger partial charge is 0.444 e. The Hall–Kier alpha value is -3.94. The molecule has 7 heteroatoms. The van der Waals surface area contributed by atoms with Gasteiger partial charge in [-0.05, 0) is 28.7 Å². The molecule has 0 aliphatic carbocycles. The van der Waals surface area contributed by atoms with Gasteiger partial charge in [0.2, 0.25) is 0 Å². The molecule has 4 aromatic carbocycles. The van der Waals surface area contributed by atoms with Crippen LogP contribution in [0, 0.1) is 0 Å². The van der Waals surface area contributed by atoms with Crippen LogP contribution in [0.15, 0.2) is 121 Å². The molecule has 0 aromatic heterocycles. The molecular formula is C31H28N2O4S. The Labute approximate surface area is 223 Å². The van der Waals surface area contributed by atoms with Gasteiger partial charge in [0.15, 0.2) is 0 Å². The van der Waals surface area contributed by atoms with Gasteiger partial charge in [0.05, 0.1) is 12.1 Å². The van der Waals surface area contributed by atoms with Gasteiger partial charge in [-0.2, -0.15) is 17.0 Å². The van der Waals surface area contributed by atoms with Crippen LogP contribution in [0.5, 0.6) is 0 Å². The van der Waals surface area contributed by atoms with Crippen molar-refractivity contribution in [3.05, 3.63) is 144 Å². The van der Waals surface area contributed by atoms with Crippen molar-refractivity contribution in [1.82, 2.24) is 8.61 Å². The standard InChI is InChI=1S/C31H28N2O4S/c34-29(37-21-25-13-5-1-6-14-25)32-24-31(28-19-11-4-12-20-28)22-30(23-33(31)38(32,35)36,26-15-7-2-8-16-26)27-17-9-3-10-18-27/h1-20H,21-24H2/t31-/m1/s1. The van der Waals surface area contributed by atoms with Crippen molar-refractivity contribution in [2.45, 2.75) is 24.0 Å². The molecule has 6 nitrogen and oxygen atoms in total. The first-order valence-corrected chi connectivity index (χ1v) is 14.0. The molecule has 1 atom stereocenters. The highest BCUT2D eigenvalue weighted by Gasteiger charge is 2.66. The molecule has 192 valence electrons. The van der Waals surface area contributed by atoms with Crippen LogP contribution in [0.1, 0.15) is 28.7 Å². The number of carbonyl (C=O) groups excluding carboxylic acids is 1. The van der Waals surface area contributed by atoms with Crippen LogP contribution < -0.4 is 0 Å². The van der Waals surface area contributed by atoms with Gasteiger partial charge in [0.1, 0.15) is 6.61 Å². The molecule has 1 amide bonds. The number of carbonyl (C=O) groups is 1. The quantitative estimate of drug-likeness (QED) is 0.347. The van der Waals surface area contributed by atoms with E-state index >= 15 is 0 Å². The van der Waals surface area contributed by atoms with E-state index in [-0.39, 0.29) is 19.7 Å². The van der Waals surface area contributed by atoms with E-state index in [2.05, 4.69) is 24.3 Å². The maximum absolute atomic E-state index is 14.1. The van der Waals surface area contributed by atoms with E-state index in [1.165, 1.54) is 4.31 Å². The van der Waals surface area contributed by atoms with Crippen molar-refractivity contribution in [3.63, 3.8) is 0 Å². The molecule has 0 saturated carbocycles. The minimum absolute atomic E-state index is 0.00198. The van der Waals surface area contributed by atoms with E-state index in [0.717, 1.165) is 26.6 Å². The molecule has 4 aromatic rings. The summed E-state index contributed by atoms with van der Waals surface area (Å²) in [6.45, 7) is 0.192. The SMILES string of the molecule is O=C(OCc1ccccc1)N1C[C@@]2(c3ccccc3)CC(c3ccccc3)(c3ccccc3)CN2S1(=O)=O. The van der Waals surface area contributed by atoms with Crippen molar-refractivity contribution in [2.75, 3.05) is 13.1 Å². The average molecular weight is 525 g/mol. The summed E-state index contributed by atoms with van der Waals surface area (Å²) >= 11 is 0. The molecule has 38 heavy (non-hydrogen) atoms. The molecule has 0 unspecified atom stereocenters. The predicted octanol–water partition coefficient (Wildman–Crippen LogP) is 5.47. The highest BCUT2D eigenvalue weighted by atomic mass is 32.2. The lowest BCUT2D eigenvalue weighted by atomic mass is 9.69. The molecule has 0 bridgehead atoms. The summed E-state index contributed by atoms with van der Waals surface area (Å²) in [5.41, 5.74) is 2.20. The van der Waals surface area contributed by atoms with E-state index in [1.54, 1.807) is 0 Å². The third kappa shape index (κ3) is 3.90. The van der Waals surface area contributed by atoms with Gasteiger partial charge in [-0.1, -0.05) is 121 Å². The van der Waals surface area contributed by atoms with Crippen LogP contribution in [0.2, 0.25) is 0 Å². The summed E-state index contributed by atoms with van der Waals surface area (Å²) in [6, 6.07) is 39.0. The fraction of sp³-hybridized carbons (Fsp3) is 0.194. The van der Waals surface area contributed by atoms with E-state index in [9.17, 15) is 13.2 Å². The molecule has 2 fully saturated rings. The topological polar surface area (TPSA) is 66.9 Å². The molecule has 6 rings (SSSR count). The normalized spacial score (nSPS) is 21.6. The molecule has 2 heterocycles. The number of rotatable bonds is 5. The van der Waals surface area contributed by atoms with E-state index < -0.39 is 27.3 Å². The fourth-order valence-electron chi connectivity index (χ4n) is 6.02. The Morgan fingerprint density at radius 1 is 0.684 bits per heavy atom. The highest BCUT2D eigenvalue weighted by Crippen LogP contribution is 2.57. The second-order valence-electron chi connectivity index (χ2n) is 9.95. The van der Waals surface area contributed by atoms with Crippen molar-refractivity contribution in [3.8, 4) is 0 Å². The first-order valence-electron chi connectivity index (χ1n) is 12.6. The maximum Gasteiger partial charge on any atom is 0.425 e. The lowest BCUT2D eigenvalue weighted by Gasteiger charge is -2.34. The van der Waals surface area contributed by atoms with Crippen LogP contribution in [-0.4, -0.2) is 36.2 Å². The van der Waals surface area contributed by atoms with Gasteiger partial charge < -0.3 is 4.74 Å². The number of amides is 1. The molecule has 2 saturated heterocycles. The number of fused-ring (bicyclic) bond motifs is 1. The number of nitrogens with zero attached hydrogens (tertiary/aromatic N) is 2. The zero-order valence-corrected chi connectivity index (χ0v) is 21.6. The highest BCUT2D eigenvalue weighted by molar-refractivity contribution is 7.87. The minimum Gasteiger partial charge on any atom is -0.444 e. The average Bonchev–Trinajstić information content (AvgIpc) is 3.45. The Bertz CT molecular complexity index is 1490. The summed E-state index contributed by atoms with van der Waals surface area (Å²) in [5.74, 6) is 0. The monoisotopic (exact) mass is 524 g/mol. The summed E-state index contributed by atoms with van der Waals surface area (Å²) < 4.78 is 36.1. The van der Waals surface area contributed by atoms with E-state index in [1.807, 2.05) is 97.1 Å².